The summed E-state index contributed by atoms with van der Waals surface area (Å²) >= 11 is 2.05. The number of nitrogens with one attached hydrogen (secondary N) is 1. The van der Waals surface area contributed by atoms with Crippen LogP contribution in [0.25, 0.3) is 10.6 Å². The molecule has 4 nitrogen and oxygen atoms in total. The Morgan fingerprint density at radius 3 is 2.67 bits per heavy atom. The number of carbonyl (C=O) groups is 1. The van der Waals surface area contributed by atoms with E-state index in [2.05, 4.69) is 10.3 Å². The zero-order valence-electron chi connectivity index (χ0n) is 16.0. The topological polar surface area (TPSA) is 51.2 Å². The molecule has 0 aliphatic heterocycles. The summed E-state index contributed by atoms with van der Waals surface area (Å²) in [5.74, 6) is -0.639. The Hall–Kier alpha value is -2.52. The van der Waals surface area contributed by atoms with Gasteiger partial charge in [-0.2, -0.15) is 13.2 Å². The molecule has 9 heteroatoms. The van der Waals surface area contributed by atoms with Gasteiger partial charge in [-0.05, 0) is 31.2 Å². The summed E-state index contributed by atoms with van der Waals surface area (Å²) in [4.78, 5) is 17.3. The van der Waals surface area contributed by atoms with Gasteiger partial charge < -0.3 is 10.1 Å². The summed E-state index contributed by atoms with van der Waals surface area (Å²) in [6.45, 7) is 2.43. The second-order valence-electron chi connectivity index (χ2n) is 6.20. The molecule has 2 aromatic carbocycles. The Labute approximate surface area is 180 Å². The second-order valence-corrected chi connectivity index (χ2v) is 8.07. The first-order valence-electron chi connectivity index (χ1n) is 9.10. The van der Waals surface area contributed by atoms with Crippen molar-refractivity contribution in [3.63, 3.8) is 0 Å². The normalized spacial score (nSPS) is 11.3. The van der Waals surface area contributed by atoms with E-state index in [1.54, 1.807) is 29.6 Å². The highest BCUT2D eigenvalue weighted by molar-refractivity contribution is 7.99. The first kappa shape index (κ1) is 22.2. The average molecular weight is 453 g/mol. The number of alkyl halides is 3. The molecule has 1 N–H and O–H groups in total. The van der Waals surface area contributed by atoms with Crippen LogP contribution in [0.5, 0.6) is 5.75 Å². The number of benzene rings is 2. The highest BCUT2D eigenvalue weighted by Crippen LogP contribution is 2.33. The largest absolute Gasteiger partial charge is 0.493 e. The van der Waals surface area contributed by atoms with Crippen molar-refractivity contribution >= 4 is 34.7 Å². The second kappa shape index (κ2) is 9.99. The van der Waals surface area contributed by atoms with Crippen LogP contribution in [0.1, 0.15) is 12.6 Å². The number of carbonyl (C=O) groups excluding carboxylic acids is 1. The summed E-state index contributed by atoms with van der Waals surface area (Å²) in [7, 11) is 0. The van der Waals surface area contributed by atoms with E-state index in [9.17, 15) is 18.0 Å². The first-order valence-corrected chi connectivity index (χ1v) is 11.0. The maximum atomic E-state index is 12.5. The van der Waals surface area contributed by atoms with Crippen LogP contribution >= 0.6 is 23.1 Å². The van der Waals surface area contributed by atoms with Gasteiger partial charge in [0.2, 0.25) is 5.91 Å². The zero-order valence-corrected chi connectivity index (χ0v) is 17.7. The van der Waals surface area contributed by atoms with E-state index in [1.807, 2.05) is 31.2 Å². The first-order chi connectivity index (χ1) is 14.4. The summed E-state index contributed by atoms with van der Waals surface area (Å²) in [5.41, 5.74) is 1.79. The minimum absolute atomic E-state index is 0.0194. The van der Waals surface area contributed by atoms with E-state index >= 15 is 0 Å². The summed E-state index contributed by atoms with van der Waals surface area (Å²) in [6, 6.07) is 14.0. The number of ether oxygens (including phenoxy) is 1. The monoisotopic (exact) mass is 452 g/mol. The van der Waals surface area contributed by atoms with E-state index in [1.165, 1.54) is 11.3 Å². The number of anilines is 1. The van der Waals surface area contributed by atoms with Crippen LogP contribution in [-0.4, -0.2) is 29.4 Å². The van der Waals surface area contributed by atoms with Gasteiger partial charge in [0.25, 0.3) is 0 Å². The van der Waals surface area contributed by atoms with Crippen molar-refractivity contribution in [2.24, 2.45) is 0 Å². The molecule has 0 saturated heterocycles. The van der Waals surface area contributed by atoms with Crippen molar-refractivity contribution in [1.29, 1.82) is 0 Å². The standard InChI is InChI=1S/C21H19F3N2O2S2/c1-2-28-17-9-5-3-7-15(17)20-25-14(12-29-20)11-19(27)26-16-8-4-6-10-18(16)30-13-21(22,23)24/h3-10,12H,2,11,13H2,1H3,(H,26,27). The van der Waals surface area contributed by atoms with Gasteiger partial charge in [0.15, 0.2) is 0 Å². The number of thioether (sulfide) groups is 1. The zero-order chi connectivity index (χ0) is 21.6. The predicted octanol–water partition coefficient (Wildman–Crippen LogP) is 6.04. The molecule has 0 bridgehead atoms. The number of thiazole rings is 1. The van der Waals surface area contributed by atoms with Gasteiger partial charge in [0.1, 0.15) is 10.8 Å². The van der Waals surface area contributed by atoms with Gasteiger partial charge in [-0.15, -0.1) is 23.1 Å². The third kappa shape index (κ3) is 6.24. The molecular formula is C21H19F3N2O2S2. The molecule has 1 heterocycles. The summed E-state index contributed by atoms with van der Waals surface area (Å²) < 4.78 is 43.2. The van der Waals surface area contributed by atoms with E-state index in [0.717, 1.165) is 16.3 Å². The Balaban J connectivity index is 1.67. The fourth-order valence-corrected chi connectivity index (χ4v) is 4.27. The number of para-hydroxylation sites is 2. The van der Waals surface area contributed by atoms with E-state index in [-0.39, 0.29) is 12.3 Å². The molecule has 0 fully saturated rings. The van der Waals surface area contributed by atoms with Gasteiger partial charge >= 0.3 is 6.18 Å². The predicted molar refractivity (Wildman–Crippen MR) is 114 cm³/mol. The SMILES string of the molecule is CCOc1ccccc1-c1nc(CC(=O)Nc2ccccc2SCC(F)(F)F)cs1. The molecule has 1 aromatic heterocycles. The van der Waals surface area contributed by atoms with Crippen molar-refractivity contribution in [1.82, 2.24) is 4.98 Å². The molecule has 0 radical (unpaired) electrons. The van der Waals surface area contributed by atoms with Gasteiger partial charge in [-0.25, -0.2) is 4.98 Å². The highest BCUT2D eigenvalue weighted by atomic mass is 32.2. The molecule has 0 aliphatic rings. The lowest BCUT2D eigenvalue weighted by molar-refractivity contribution is -0.115. The quantitative estimate of drug-likeness (QED) is 0.423. The Kier molecular flexibility index (Phi) is 7.38. The number of nitrogens with zero attached hydrogens (tertiary/aromatic N) is 1. The number of amides is 1. The van der Waals surface area contributed by atoms with Crippen molar-refractivity contribution in [3.05, 3.63) is 59.6 Å². The van der Waals surface area contributed by atoms with Crippen molar-refractivity contribution < 1.29 is 22.7 Å². The molecule has 3 rings (SSSR count). The van der Waals surface area contributed by atoms with Crippen LogP contribution in [0, 0.1) is 0 Å². The van der Waals surface area contributed by atoms with Gasteiger partial charge in [-0.3, -0.25) is 4.79 Å². The van der Waals surface area contributed by atoms with Crippen LogP contribution in [0.2, 0.25) is 0 Å². The maximum absolute atomic E-state index is 12.5. The minimum Gasteiger partial charge on any atom is -0.493 e. The van der Waals surface area contributed by atoms with Crippen molar-refractivity contribution in [3.8, 4) is 16.3 Å². The third-order valence-corrected chi connectivity index (χ3v) is 5.93. The lowest BCUT2D eigenvalue weighted by Gasteiger charge is -2.11. The molecule has 1 amide bonds. The molecule has 0 saturated carbocycles. The van der Waals surface area contributed by atoms with Gasteiger partial charge in [0.05, 0.1) is 35.7 Å². The van der Waals surface area contributed by atoms with E-state index < -0.39 is 11.9 Å². The molecule has 3 aromatic rings. The summed E-state index contributed by atoms with van der Waals surface area (Å²) in [5, 5.41) is 5.22. The number of rotatable bonds is 8. The number of aromatic nitrogens is 1. The lowest BCUT2D eigenvalue weighted by Crippen LogP contribution is -2.16. The fourth-order valence-electron chi connectivity index (χ4n) is 2.65. The number of halogens is 3. The van der Waals surface area contributed by atoms with Crippen LogP contribution < -0.4 is 10.1 Å². The van der Waals surface area contributed by atoms with Gasteiger partial charge in [-0.1, -0.05) is 24.3 Å². The lowest BCUT2D eigenvalue weighted by atomic mass is 10.2. The average Bonchev–Trinajstić information content (AvgIpc) is 3.15. The Bertz CT molecular complexity index is 1010. The highest BCUT2D eigenvalue weighted by Gasteiger charge is 2.27. The summed E-state index contributed by atoms with van der Waals surface area (Å²) in [6.07, 6.45) is -4.26. The van der Waals surface area contributed by atoms with Crippen LogP contribution in [0.15, 0.2) is 58.8 Å². The third-order valence-electron chi connectivity index (χ3n) is 3.86. The van der Waals surface area contributed by atoms with Crippen molar-refractivity contribution in [2.45, 2.75) is 24.4 Å². The van der Waals surface area contributed by atoms with Crippen LogP contribution in [0.3, 0.4) is 0 Å². The smallest absolute Gasteiger partial charge is 0.398 e. The molecular weight excluding hydrogens is 433 g/mol. The fraction of sp³-hybridized carbons (Fsp3) is 0.238. The molecule has 158 valence electrons. The number of hydrogen-bond donors (Lipinski definition) is 1. The Morgan fingerprint density at radius 2 is 1.90 bits per heavy atom. The van der Waals surface area contributed by atoms with E-state index in [4.69, 9.17) is 4.74 Å². The van der Waals surface area contributed by atoms with E-state index in [0.29, 0.717) is 34.6 Å². The van der Waals surface area contributed by atoms with Crippen molar-refractivity contribution in [2.75, 3.05) is 17.7 Å². The molecule has 30 heavy (non-hydrogen) atoms. The Morgan fingerprint density at radius 1 is 1.17 bits per heavy atom. The number of hydrogen-bond acceptors (Lipinski definition) is 5. The van der Waals surface area contributed by atoms with Crippen LogP contribution in [-0.2, 0) is 11.2 Å². The van der Waals surface area contributed by atoms with Gasteiger partial charge in [0, 0.05) is 10.3 Å². The molecule has 0 unspecified atom stereocenters. The maximum Gasteiger partial charge on any atom is 0.398 e. The molecule has 0 atom stereocenters. The van der Waals surface area contributed by atoms with Crippen LogP contribution in [0.4, 0.5) is 18.9 Å². The minimum atomic E-state index is -4.28. The molecule has 0 spiro atoms. The molecule has 0 aliphatic carbocycles.